The predicted octanol–water partition coefficient (Wildman–Crippen LogP) is 4.73. The number of carbonyl (C=O) groups is 1. The van der Waals surface area contributed by atoms with Crippen molar-refractivity contribution in [1.29, 1.82) is 0 Å². The Bertz CT molecular complexity index is 721. The summed E-state index contributed by atoms with van der Waals surface area (Å²) >= 11 is 3.37. The number of rotatable bonds is 9. The Balaban J connectivity index is 1.85. The minimum absolute atomic E-state index is 0.00389. The van der Waals surface area contributed by atoms with Crippen molar-refractivity contribution in [3.8, 4) is 5.75 Å². The van der Waals surface area contributed by atoms with E-state index in [2.05, 4.69) is 33.5 Å². The molecule has 0 spiro atoms. The number of ether oxygens (including phenoxy) is 1. The zero-order valence-electron chi connectivity index (χ0n) is 14.3. The zero-order chi connectivity index (χ0) is 18.1. The van der Waals surface area contributed by atoms with Gasteiger partial charge < -0.3 is 4.74 Å². The van der Waals surface area contributed by atoms with Crippen LogP contribution >= 0.6 is 15.9 Å². The van der Waals surface area contributed by atoms with E-state index in [-0.39, 0.29) is 5.78 Å². The van der Waals surface area contributed by atoms with Gasteiger partial charge in [-0.3, -0.25) is 9.69 Å². The van der Waals surface area contributed by atoms with Crippen LogP contribution in [0, 0.1) is 0 Å². The third-order valence-electron chi connectivity index (χ3n) is 3.59. The van der Waals surface area contributed by atoms with E-state index in [0.29, 0.717) is 17.7 Å². The first-order valence-electron chi connectivity index (χ1n) is 8.07. The molecule has 0 amide bonds. The van der Waals surface area contributed by atoms with Gasteiger partial charge in [0.05, 0.1) is 0 Å². The van der Waals surface area contributed by atoms with Gasteiger partial charge in [0.15, 0.2) is 5.78 Å². The Kier molecular flexibility index (Phi) is 7.64. The molecule has 0 N–H and O–H groups in total. The van der Waals surface area contributed by atoms with Crippen molar-refractivity contribution in [3.63, 3.8) is 0 Å². The van der Waals surface area contributed by atoms with Crippen molar-refractivity contribution in [1.82, 2.24) is 4.90 Å². The molecule has 0 aliphatic rings. The first-order chi connectivity index (χ1) is 12.1. The van der Waals surface area contributed by atoms with Gasteiger partial charge in [0.2, 0.25) is 0 Å². The summed E-state index contributed by atoms with van der Waals surface area (Å²) in [6.07, 6.45) is 5.93. The molecule has 0 atom stereocenters. The zero-order valence-corrected chi connectivity index (χ0v) is 15.9. The standard InChI is InChI=1S/C21H22BrNO2/c1-3-14-23(2)15-4-5-16-25-20-12-8-18(9-13-20)21(24)17-6-10-19(22)11-7-17/h3-13H,1,14-16H2,2H3. The van der Waals surface area contributed by atoms with Crippen LogP contribution in [0.1, 0.15) is 15.9 Å². The lowest BCUT2D eigenvalue weighted by Gasteiger charge is -2.10. The molecule has 3 nitrogen and oxygen atoms in total. The SMILES string of the molecule is C=CCN(C)CC=CCOc1ccc(C(=O)c2ccc(Br)cc2)cc1. The molecular formula is C21H22BrNO2. The maximum Gasteiger partial charge on any atom is 0.193 e. The third-order valence-corrected chi connectivity index (χ3v) is 4.12. The van der Waals surface area contributed by atoms with Crippen LogP contribution < -0.4 is 4.74 Å². The van der Waals surface area contributed by atoms with Gasteiger partial charge in [-0.2, -0.15) is 0 Å². The summed E-state index contributed by atoms with van der Waals surface area (Å²) < 4.78 is 6.62. The van der Waals surface area contributed by atoms with Crippen molar-refractivity contribution in [2.24, 2.45) is 0 Å². The van der Waals surface area contributed by atoms with Gasteiger partial charge in [0, 0.05) is 28.7 Å². The highest BCUT2D eigenvalue weighted by Crippen LogP contribution is 2.17. The quantitative estimate of drug-likeness (QED) is 0.450. The molecule has 2 aromatic carbocycles. The van der Waals surface area contributed by atoms with Crippen LogP contribution in [0.5, 0.6) is 5.75 Å². The summed E-state index contributed by atoms with van der Waals surface area (Å²) in [5, 5.41) is 0. The number of hydrogen-bond acceptors (Lipinski definition) is 3. The molecule has 0 heterocycles. The summed E-state index contributed by atoms with van der Waals surface area (Å²) in [4.78, 5) is 14.6. The molecule has 4 heteroatoms. The molecule has 0 bridgehead atoms. The highest BCUT2D eigenvalue weighted by Gasteiger charge is 2.08. The molecule has 0 saturated heterocycles. The summed E-state index contributed by atoms with van der Waals surface area (Å²) in [6, 6.07) is 14.6. The van der Waals surface area contributed by atoms with Crippen LogP contribution in [0.4, 0.5) is 0 Å². The highest BCUT2D eigenvalue weighted by molar-refractivity contribution is 9.10. The first kappa shape index (κ1) is 19.2. The Hall–Kier alpha value is -2.17. The molecule has 0 fully saturated rings. The summed E-state index contributed by atoms with van der Waals surface area (Å²) in [6.45, 7) is 5.93. The van der Waals surface area contributed by atoms with E-state index in [9.17, 15) is 4.79 Å². The Morgan fingerprint density at radius 3 is 2.24 bits per heavy atom. The highest BCUT2D eigenvalue weighted by atomic mass is 79.9. The number of halogens is 1. The Morgan fingerprint density at radius 1 is 1.04 bits per heavy atom. The van der Waals surface area contributed by atoms with Crippen molar-refractivity contribution in [2.45, 2.75) is 0 Å². The minimum Gasteiger partial charge on any atom is -0.490 e. The van der Waals surface area contributed by atoms with Crippen LogP contribution in [0.25, 0.3) is 0 Å². The van der Waals surface area contributed by atoms with E-state index < -0.39 is 0 Å². The number of hydrogen-bond donors (Lipinski definition) is 0. The van der Waals surface area contributed by atoms with Crippen molar-refractivity contribution >= 4 is 21.7 Å². The van der Waals surface area contributed by atoms with Crippen LogP contribution in [0.15, 0.2) is 77.8 Å². The van der Waals surface area contributed by atoms with Gasteiger partial charge in [-0.05, 0) is 55.6 Å². The van der Waals surface area contributed by atoms with Crippen molar-refractivity contribution in [2.75, 3.05) is 26.7 Å². The van der Waals surface area contributed by atoms with Crippen molar-refractivity contribution < 1.29 is 9.53 Å². The molecule has 25 heavy (non-hydrogen) atoms. The third kappa shape index (κ3) is 6.33. The van der Waals surface area contributed by atoms with Gasteiger partial charge in [-0.1, -0.05) is 34.2 Å². The lowest BCUT2D eigenvalue weighted by molar-refractivity contribution is 0.103. The van der Waals surface area contributed by atoms with Gasteiger partial charge >= 0.3 is 0 Å². The second kappa shape index (κ2) is 9.97. The van der Waals surface area contributed by atoms with Gasteiger partial charge in [-0.25, -0.2) is 0 Å². The molecule has 2 aromatic rings. The smallest absolute Gasteiger partial charge is 0.193 e. The number of carbonyl (C=O) groups excluding carboxylic acids is 1. The van der Waals surface area contributed by atoms with E-state index in [1.165, 1.54) is 0 Å². The van der Waals surface area contributed by atoms with Gasteiger partial charge in [-0.15, -0.1) is 6.58 Å². The topological polar surface area (TPSA) is 29.5 Å². The maximum absolute atomic E-state index is 12.4. The van der Waals surface area contributed by atoms with E-state index in [1.54, 1.807) is 12.1 Å². The molecule has 0 saturated carbocycles. The lowest BCUT2D eigenvalue weighted by Crippen LogP contribution is -2.17. The second-order valence-electron chi connectivity index (χ2n) is 5.65. The maximum atomic E-state index is 12.4. The summed E-state index contributed by atoms with van der Waals surface area (Å²) in [5.74, 6) is 0.751. The Labute approximate surface area is 157 Å². The van der Waals surface area contributed by atoms with E-state index in [4.69, 9.17) is 4.74 Å². The van der Waals surface area contributed by atoms with E-state index >= 15 is 0 Å². The molecule has 0 aliphatic carbocycles. The molecule has 130 valence electrons. The average Bonchev–Trinajstić information content (AvgIpc) is 2.62. The fourth-order valence-corrected chi connectivity index (χ4v) is 2.50. The van der Waals surface area contributed by atoms with E-state index in [1.807, 2.05) is 55.6 Å². The molecule has 0 unspecified atom stereocenters. The number of ketones is 1. The number of nitrogens with zero attached hydrogens (tertiary/aromatic N) is 1. The summed E-state index contributed by atoms with van der Waals surface area (Å²) in [5.41, 5.74) is 1.32. The largest absolute Gasteiger partial charge is 0.490 e. The predicted molar refractivity (Wildman–Crippen MR) is 106 cm³/mol. The van der Waals surface area contributed by atoms with E-state index in [0.717, 1.165) is 23.3 Å². The van der Waals surface area contributed by atoms with Crippen LogP contribution in [-0.4, -0.2) is 37.4 Å². The molecular weight excluding hydrogens is 378 g/mol. The normalized spacial score (nSPS) is 11.0. The summed E-state index contributed by atoms with van der Waals surface area (Å²) in [7, 11) is 2.04. The van der Waals surface area contributed by atoms with Gasteiger partial charge in [0.25, 0.3) is 0 Å². The fourth-order valence-electron chi connectivity index (χ4n) is 2.23. The molecule has 0 radical (unpaired) electrons. The molecule has 2 rings (SSSR count). The Morgan fingerprint density at radius 2 is 1.64 bits per heavy atom. The number of benzene rings is 2. The fraction of sp³-hybridized carbons (Fsp3) is 0.190. The number of likely N-dealkylation sites (N-methyl/N-ethyl adjacent to an activating group) is 1. The van der Waals surface area contributed by atoms with Crippen molar-refractivity contribution in [3.05, 3.63) is 88.9 Å². The molecule has 0 aliphatic heterocycles. The second-order valence-corrected chi connectivity index (χ2v) is 6.57. The lowest BCUT2D eigenvalue weighted by atomic mass is 10.0. The van der Waals surface area contributed by atoms with Crippen LogP contribution in [0.3, 0.4) is 0 Å². The minimum atomic E-state index is 0.00389. The van der Waals surface area contributed by atoms with Gasteiger partial charge in [0.1, 0.15) is 12.4 Å². The monoisotopic (exact) mass is 399 g/mol. The molecule has 0 aromatic heterocycles. The van der Waals surface area contributed by atoms with Crippen LogP contribution in [-0.2, 0) is 0 Å². The van der Waals surface area contributed by atoms with Crippen LogP contribution in [0.2, 0.25) is 0 Å². The first-order valence-corrected chi connectivity index (χ1v) is 8.87. The average molecular weight is 400 g/mol.